The van der Waals surface area contributed by atoms with Crippen LogP contribution < -0.4 is 5.32 Å². The van der Waals surface area contributed by atoms with Gasteiger partial charge in [0.1, 0.15) is 0 Å². The topological polar surface area (TPSA) is 12.0 Å². The van der Waals surface area contributed by atoms with Crippen molar-refractivity contribution >= 4 is 49.9 Å². The van der Waals surface area contributed by atoms with Crippen LogP contribution >= 0.6 is 49.9 Å². The maximum Gasteiger partial charge on any atom is 0.0300 e. The van der Waals surface area contributed by atoms with Crippen LogP contribution in [0.15, 0.2) is 15.9 Å². The largest absolute Gasteiger partial charge is 0.312 e. The zero-order valence-electron chi connectivity index (χ0n) is 8.06. The quantitative estimate of drug-likeness (QED) is 0.420. The van der Waals surface area contributed by atoms with Gasteiger partial charge in [-0.25, -0.2) is 0 Å². The third kappa shape index (κ3) is 5.68. The number of thiophene rings is 1. The molecular weight excluding hydrogens is 373 g/mol. The molecule has 0 bridgehead atoms. The molecule has 0 saturated heterocycles. The number of nitrogens with one attached hydrogen (secondary N) is 1. The van der Waals surface area contributed by atoms with Crippen LogP contribution in [0.3, 0.4) is 0 Å². The maximum atomic E-state index is 3.46. The summed E-state index contributed by atoms with van der Waals surface area (Å²) in [6, 6.07) is 2.18. The van der Waals surface area contributed by atoms with Crippen molar-refractivity contribution in [3.05, 3.63) is 20.8 Å². The van der Waals surface area contributed by atoms with Gasteiger partial charge >= 0.3 is 0 Å². The third-order valence-electron chi connectivity index (χ3n) is 1.91. The van der Waals surface area contributed by atoms with Gasteiger partial charge in [-0.15, -0.1) is 11.3 Å². The van der Waals surface area contributed by atoms with Crippen LogP contribution in [-0.4, -0.2) is 11.0 Å². The lowest BCUT2D eigenvalue weighted by atomic mass is 10.2. The first-order valence-corrected chi connectivity index (χ1v) is 8.02. The molecule has 1 aromatic heterocycles. The van der Waals surface area contributed by atoms with Gasteiger partial charge in [-0.05, 0) is 45.8 Å². The minimum Gasteiger partial charge on any atom is -0.312 e. The van der Waals surface area contributed by atoms with Gasteiger partial charge in [-0.2, -0.15) is 0 Å². The normalized spacial score (nSPS) is 10.7. The molecule has 0 aliphatic carbocycles. The molecule has 1 rings (SSSR count). The van der Waals surface area contributed by atoms with Crippen molar-refractivity contribution in [2.24, 2.45) is 0 Å². The van der Waals surface area contributed by atoms with E-state index in [-0.39, 0.29) is 0 Å². The zero-order valence-corrected chi connectivity index (χ0v) is 12.6. The van der Waals surface area contributed by atoms with E-state index in [4.69, 9.17) is 0 Å². The molecule has 0 aliphatic heterocycles. The van der Waals surface area contributed by atoms with Gasteiger partial charge in [-0.3, -0.25) is 0 Å². The first-order chi connectivity index (χ1) is 6.83. The highest BCUT2D eigenvalue weighted by atomic mass is 127. The highest BCUT2D eigenvalue weighted by molar-refractivity contribution is 14.1. The fourth-order valence-electron chi connectivity index (χ4n) is 1.18. The van der Waals surface area contributed by atoms with E-state index in [1.54, 1.807) is 0 Å². The summed E-state index contributed by atoms with van der Waals surface area (Å²) in [7, 11) is 0. The average molecular weight is 388 g/mol. The lowest BCUT2D eigenvalue weighted by Crippen LogP contribution is -2.13. The van der Waals surface area contributed by atoms with E-state index >= 15 is 0 Å². The van der Waals surface area contributed by atoms with Gasteiger partial charge in [0.15, 0.2) is 0 Å². The van der Waals surface area contributed by atoms with Crippen LogP contribution in [-0.2, 0) is 6.54 Å². The molecule has 0 saturated carbocycles. The van der Waals surface area contributed by atoms with Crippen LogP contribution in [0.5, 0.6) is 0 Å². The van der Waals surface area contributed by atoms with Crippen molar-refractivity contribution in [1.29, 1.82) is 0 Å². The Kier molecular flexibility index (Phi) is 7.46. The lowest BCUT2D eigenvalue weighted by molar-refractivity contribution is 0.623. The van der Waals surface area contributed by atoms with Crippen LogP contribution in [0, 0.1) is 0 Å². The van der Waals surface area contributed by atoms with Crippen molar-refractivity contribution in [3.8, 4) is 0 Å². The Morgan fingerprint density at radius 2 is 2.21 bits per heavy atom. The Morgan fingerprint density at radius 3 is 2.86 bits per heavy atom. The van der Waals surface area contributed by atoms with Crippen LogP contribution in [0.1, 0.15) is 24.1 Å². The van der Waals surface area contributed by atoms with E-state index in [9.17, 15) is 0 Å². The van der Waals surface area contributed by atoms with Gasteiger partial charge in [0, 0.05) is 21.3 Å². The summed E-state index contributed by atoms with van der Waals surface area (Å²) in [6.07, 6.45) is 4.01. The average Bonchev–Trinajstić information content (AvgIpc) is 2.58. The Labute approximate surface area is 112 Å². The summed E-state index contributed by atoms with van der Waals surface area (Å²) in [5.41, 5.74) is 0. The van der Waals surface area contributed by atoms with Crippen molar-refractivity contribution < 1.29 is 0 Å². The minimum atomic E-state index is 1.01. The van der Waals surface area contributed by atoms with E-state index in [0.717, 1.165) is 13.1 Å². The fraction of sp³-hybridized carbons (Fsp3) is 0.600. The summed E-state index contributed by atoms with van der Waals surface area (Å²) in [4.78, 5) is 1.41. The Morgan fingerprint density at radius 1 is 1.36 bits per heavy atom. The molecule has 4 heteroatoms. The van der Waals surface area contributed by atoms with Gasteiger partial charge < -0.3 is 5.32 Å². The number of alkyl halides is 1. The second-order valence-electron chi connectivity index (χ2n) is 3.16. The summed E-state index contributed by atoms with van der Waals surface area (Å²) in [6.45, 7) is 2.16. The van der Waals surface area contributed by atoms with Crippen molar-refractivity contribution in [3.63, 3.8) is 0 Å². The number of halogens is 2. The maximum absolute atomic E-state index is 3.46. The van der Waals surface area contributed by atoms with E-state index in [2.05, 4.69) is 55.3 Å². The molecule has 14 heavy (non-hydrogen) atoms. The Bertz CT molecular complexity index is 252. The summed E-state index contributed by atoms with van der Waals surface area (Å²) in [5, 5.41) is 5.59. The number of hydrogen-bond donors (Lipinski definition) is 1. The molecule has 0 spiro atoms. The van der Waals surface area contributed by atoms with Crippen LogP contribution in [0.2, 0.25) is 0 Å². The van der Waals surface area contributed by atoms with E-state index in [1.165, 1.54) is 33.0 Å². The fourth-order valence-corrected chi connectivity index (χ4v) is 3.14. The second-order valence-corrected chi connectivity index (χ2v) is 6.15. The Hall–Kier alpha value is 0.870. The zero-order chi connectivity index (χ0) is 10.2. The molecule has 1 N–H and O–H groups in total. The summed E-state index contributed by atoms with van der Waals surface area (Å²) in [5.74, 6) is 0. The highest BCUT2D eigenvalue weighted by Crippen LogP contribution is 2.19. The first-order valence-electron chi connectivity index (χ1n) is 4.82. The van der Waals surface area contributed by atoms with E-state index in [1.807, 2.05) is 11.3 Å². The molecule has 0 aliphatic rings. The molecule has 1 heterocycles. The predicted molar refractivity (Wildman–Crippen MR) is 76.5 cm³/mol. The van der Waals surface area contributed by atoms with E-state index in [0.29, 0.717) is 0 Å². The molecule has 0 unspecified atom stereocenters. The number of rotatable bonds is 7. The Balaban J connectivity index is 1.99. The van der Waals surface area contributed by atoms with Crippen LogP contribution in [0.4, 0.5) is 0 Å². The van der Waals surface area contributed by atoms with Crippen molar-refractivity contribution in [2.45, 2.75) is 25.8 Å². The monoisotopic (exact) mass is 387 g/mol. The molecule has 1 aromatic rings. The smallest absolute Gasteiger partial charge is 0.0300 e. The van der Waals surface area contributed by atoms with Crippen molar-refractivity contribution in [2.75, 3.05) is 11.0 Å². The summed E-state index contributed by atoms with van der Waals surface area (Å²) < 4.78 is 2.49. The van der Waals surface area contributed by atoms with Gasteiger partial charge in [-0.1, -0.05) is 29.0 Å². The van der Waals surface area contributed by atoms with E-state index < -0.39 is 0 Å². The van der Waals surface area contributed by atoms with Gasteiger partial charge in [0.25, 0.3) is 0 Å². The molecule has 0 aromatic carbocycles. The SMILES string of the molecule is Brc1csc(CNCCCCCI)c1. The highest BCUT2D eigenvalue weighted by Gasteiger charge is 1.96. The molecule has 0 radical (unpaired) electrons. The molecular formula is C10H15BrINS. The van der Waals surface area contributed by atoms with Crippen LogP contribution in [0.25, 0.3) is 0 Å². The molecule has 80 valence electrons. The third-order valence-corrected chi connectivity index (χ3v) is 4.37. The lowest BCUT2D eigenvalue weighted by Gasteiger charge is -2.01. The second kappa shape index (κ2) is 8.07. The number of unbranched alkanes of at least 4 members (excludes halogenated alkanes) is 2. The molecule has 1 nitrogen and oxygen atoms in total. The van der Waals surface area contributed by atoms with Gasteiger partial charge in [0.05, 0.1) is 0 Å². The first kappa shape index (κ1) is 12.9. The summed E-state index contributed by atoms with van der Waals surface area (Å²) >= 11 is 7.70. The number of hydrogen-bond acceptors (Lipinski definition) is 2. The molecule has 0 fully saturated rings. The molecule has 0 atom stereocenters. The van der Waals surface area contributed by atoms with Gasteiger partial charge in [0.2, 0.25) is 0 Å². The van der Waals surface area contributed by atoms with Crippen molar-refractivity contribution in [1.82, 2.24) is 5.32 Å². The standard InChI is InChI=1S/C10H15BrINS/c11-9-6-10(14-8-9)7-13-5-3-1-2-4-12/h6,8,13H,1-5,7H2. The molecule has 0 amide bonds. The minimum absolute atomic E-state index is 1.01. The predicted octanol–water partition coefficient (Wildman–Crippen LogP) is 4.21.